The van der Waals surface area contributed by atoms with Crippen molar-refractivity contribution in [3.63, 3.8) is 0 Å². The second-order valence-electron chi connectivity index (χ2n) is 8.09. The highest BCUT2D eigenvalue weighted by molar-refractivity contribution is 7.93. The number of ether oxygens (including phenoxy) is 1. The van der Waals surface area contributed by atoms with Gasteiger partial charge < -0.3 is 15.4 Å². The number of carbonyl (C=O) groups excluding carboxylic acids is 3. The number of carbonyl (C=O) groups is 3. The minimum Gasteiger partial charge on any atom is -0.492 e. The molecule has 0 bridgehead atoms. The van der Waals surface area contributed by atoms with E-state index in [1.54, 1.807) is 48.5 Å². The Morgan fingerprint density at radius 1 is 1.00 bits per heavy atom. The summed E-state index contributed by atoms with van der Waals surface area (Å²) in [6.45, 7) is 3.59. The average molecular weight is 508 g/mol. The van der Waals surface area contributed by atoms with Crippen molar-refractivity contribution in [3.05, 3.63) is 78.4 Å². The zero-order chi connectivity index (χ0) is 25.9. The lowest BCUT2D eigenvalue weighted by Crippen LogP contribution is -2.52. The maximum atomic E-state index is 13.8. The number of nitrogens with one attached hydrogen (secondary N) is 2. The van der Waals surface area contributed by atoms with E-state index < -0.39 is 34.3 Å². The summed E-state index contributed by atoms with van der Waals surface area (Å²) in [5.74, 6) is -0.940. The summed E-state index contributed by atoms with van der Waals surface area (Å²) in [6.07, 6.45) is -0.439. The number of rotatable bonds is 8. The lowest BCUT2D eigenvalue weighted by atomic mass is 10.1. The number of hydrogen-bond donors (Lipinski definition) is 2. The Hall–Kier alpha value is -4.18. The molecular weight excluding hydrogens is 482 g/mol. The van der Waals surface area contributed by atoms with E-state index >= 15 is 0 Å². The highest BCUT2D eigenvalue weighted by Crippen LogP contribution is 2.37. The van der Waals surface area contributed by atoms with E-state index in [1.807, 2.05) is 6.92 Å². The van der Waals surface area contributed by atoms with E-state index in [9.17, 15) is 22.8 Å². The van der Waals surface area contributed by atoms with Crippen LogP contribution in [0.1, 0.15) is 30.6 Å². The van der Waals surface area contributed by atoms with Gasteiger partial charge in [-0.1, -0.05) is 36.4 Å². The molecule has 186 valence electrons. The van der Waals surface area contributed by atoms with E-state index in [1.165, 1.54) is 31.2 Å². The van der Waals surface area contributed by atoms with Crippen LogP contribution in [0.4, 0.5) is 17.1 Å². The van der Waals surface area contributed by atoms with Crippen LogP contribution in [0.3, 0.4) is 0 Å². The van der Waals surface area contributed by atoms with Gasteiger partial charge in [-0.15, -0.1) is 0 Å². The molecule has 2 amide bonds. The minimum atomic E-state index is -4.28. The largest absolute Gasteiger partial charge is 0.492 e. The second kappa shape index (κ2) is 10.2. The Kier molecular flexibility index (Phi) is 7.07. The number of nitrogens with zero attached hydrogens (tertiary/aromatic N) is 1. The summed E-state index contributed by atoms with van der Waals surface area (Å²) in [5.41, 5.74) is 1.31. The van der Waals surface area contributed by atoms with E-state index in [0.29, 0.717) is 29.3 Å². The quantitative estimate of drug-likeness (QED) is 0.447. The van der Waals surface area contributed by atoms with Crippen LogP contribution in [0.2, 0.25) is 0 Å². The van der Waals surface area contributed by atoms with Crippen molar-refractivity contribution in [2.45, 2.75) is 31.2 Å². The van der Waals surface area contributed by atoms with Crippen molar-refractivity contribution in [2.75, 3.05) is 21.5 Å². The van der Waals surface area contributed by atoms with Crippen LogP contribution < -0.4 is 19.7 Å². The fourth-order valence-corrected chi connectivity index (χ4v) is 5.57. The van der Waals surface area contributed by atoms with Gasteiger partial charge >= 0.3 is 0 Å². The van der Waals surface area contributed by atoms with Crippen LogP contribution in [0, 0.1) is 0 Å². The molecule has 0 radical (unpaired) electrons. The van der Waals surface area contributed by atoms with E-state index in [4.69, 9.17) is 4.74 Å². The fraction of sp³-hybridized carbons (Fsp3) is 0.192. The third-order valence-electron chi connectivity index (χ3n) is 5.64. The first-order chi connectivity index (χ1) is 17.2. The van der Waals surface area contributed by atoms with Crippen LogP contribution in [0.15, 0.2) is 77.7 Å². The van der Waals surface area contributed by atoms with Crippen molar-refractivity contribution in [1.82, 2.24) is 0 Å². The molecule has 36 heavy (non-hydrogen) atoms. The standard InChI is InChI=1S/C26H25N3O6S/c1-3-35-24-11-7-5-9-21(24)27-25(31)16-23-26(32)28-20-8-4-6-10-22(20)29(23)36(33,34)19-14-12-18(13-15-19)17(2)30/h4-15,23H,3,16H2,1-2H3,(H,27,31)(H,28,32)/t23-/m0/s1. The van der Waals surface area contributed by atoms with Crippen molar-refractivity contribution < 1.29 is 27.5 Å². The Labute approximate surface area is 209 Å². The van der Waals surface area contributed by atoms with Gasteiger partial charge in [0.1, 0.15) is 11.8 Å². The van der Waals surface area contributed by atoms with E-state index in [2.05, 4.69) is 10.6 Å². The number of anilines is 3. The Bertz CT molecular complexity index is 1420. The van der Waals surface area contributed by atoms with E-state index in [0.717, 1.165) is 4.31 Å². The van der Waals surface area contributed by atoms with Gasteiger partial charge in [-0.3, -0.25) is 18.7 Å². The summed E-state index contributed by atoms with van der Waals surface area (Å²) in [4.78, 5) is 37.6. The number of fused-ring (bicyclic) bond motifs is 1. The first kappa shape index (κ1) is 24.9. The molecule has 0 unspecified atom stereocenters. The zero-order valence-electron chi connectivity index (χ0n) is 19.7. The Morgan fingerprint density at radius 3 is 2.36 bits per heavy atom. The molecule has 0 fully saturated rings. The number of ketones is 1. The van der Waals surface area contributed by atoms with Gasteiger partial charge in [0.15, 0.2) is 5.78 Å². The maximum Gasteiger partial charge on any atom is 0.265 e. The maximum absolute atomic E-state index is 13.8. The van der Waals surface area contributed by atoms with Crippen LogP contribution in [0.25, 0.3) is 0 Å². The third-order valence-corrected chi connectivity index (χ3v) is 7.48. The molecule has 0 spiro atoms. The topological polar surface area (TPSA) is 122 Å². The lowest BCUT2D eigenvalue weighted by molar-refractivity contribution is -0.122. The molecular formula is C26H25N3O6S. The molecule has 0 aliphatic carbocycles. The van der Waals surface area contributed by atoms with Gasteiger partial charge in [0, 0.05) is 5.56 Å². The molecule has 4 rings (SSSR count). The van der Waals surface area contributed by atoms with Gasteiger partial charge in [0.2, 0.25) is 11.8 Å². The van der Waals surface area contributed by atoms with Gasteiger partial charge in [0.05, 0.1) is 35.0 Å². The van der Waals surface area contributed by atoms with Crippen LogP contribution in [0.5, 0.6) is 5.75 Å². The van der Waals surface area contributed by atoms with Gasteiger partial charge in [-0.25, -0.2) is 8.42 Å². The smallest absolute Gasteiger partial charge is 0.265 e. The number of amides is 2. The first-order valence-electron chi connectivity index (χ1n) is 11.3. The first-order valence-corrected chi connectivity index (χ1v) is 12.7. The Morgan fingerprint density at radius 2 is 1.67 bits per heavy atom. The zero-order valence-corrected chi connectivity index (χ0v) is 20.5. The molecule has 1 aliphatic heterocycles. The highest BCUT2D eigenvalue weighted by Gasteiger charge is 2.42. The van der Waals surface area contributed by atoms with Crippen LogP contribution in [-0.4, -0.2) is 38.7 Å². The number of hydrogen-bond acceptors (Lipinski definition) is 6. The summed E-state index contributed by atoms with van der Waals surface area (Å²) < 4.78 is 34.1. The predicted molar refractivity (Wildman–Crippen MR) is 136 cm³/mol. The monoisotopic (exact) mass is 507 g/mol. The van der Waals surface area contributed by atoms with Crippen LogP contribution in [-0.2, 0) is 19.6 Å². The molecule has 0 saturated carbocycles. The number of benzene rings is 3. The summed E-state index contributed by atoms with van der Waals surface area (Å²) in [5, 5.41) is 5.41. The Balaban J connectivity index is 1.70. The SMILES string of the molecule is CCOc1ccccc1NC(=O)C[C@H]1C(=O)Nc2ccccc2N1S(=O)(=O)c1ccc(C(C)=O)cc1. The molecule has 2 N–H and O–H groups in total. The molecule has 3 aromatic rings. The van der Waals surface area contributed by atoms with Crippen LogP contribution >= 0.6 is 0 Å². The highest BCUT2D eigenvalue weighted by atomic mass is 32.2. The van der Waals surface area contributed by atoms with Crippen molar-refractivity contribution in [3.8, 4) is 5.75 Å². The number of sulfonamides is 1. The van der Waals surface area contributed by atoms with Crippen molar-refractivity contribution in [1.29, 1.82) is 0 Å². The molecule has 9 nitrogen and oxygen atoms in total. The number of Topliss-reactive ketones (excluding diaryl/α,β-unsaturated/α-hetero) is 1. The minimum absolute atomic E-state index is 0.107. The third kappa shape index (κ3) is 4.94. The summed E-state index contributed by atoms with van der Waals surface area (Å²) in [7, 11) is -4.28. The molecule has 1 heterocycles. The fourth-order valence-electron chi connectivity index (χ4n) is 3.94. The molecule has 1 atom stereocenters. The van der Waals surface area contributed by atoms with Crippen molar-refractivity contribution >= 4 is 44.7 Å². The summed E-state index contributed by atoms with van der Waals surface area (Å²) in [6, 6.07) is 17.4. The normalized spacial score (nSPS) is 15.0. The van der Waals surface area contributed by atoms with Gasteiger partial charge in [0.25, 0.3) is 10.0 Å². The average Bonchev–Trinajstić information content (AvgIpc) is 2.85. The van der Waals surface area contributed by atoms with Gasteiger partial charge in [-0.05, 0) is 50.2 Å². The predicted octanol–water partition coefficient (Wildman–Crippen LogP) is 3.83. The molecule has 1 aliphatic rings. The lowest BCUT2D eigenvalue weighted by Gasteiger charge is -2.36. The molecule has 10 heteroatoms. The van der Waals surface area contributed by atoms with Crippen molar-refractivity contribution in [2.24, 2.45) is 0 Å². The molecule has 3 aromatic carbocycles. The molecule has 0 aromatic heterocycles. The molecule has 0 saturated heterocycles. The summed E-state index contributed by atoms with van der Waals surface area (Å²) >= 11 is 0. The van der Waals surface area contributed by atoms with E-state index in [-0.39, 0.29) is 16.4 Å². The number of para-hydroxylation sites is 4. The second-order valence-corrected chi connectivity index (χ2v) is 9.90. The van der Waals surface area contributed by atoms with Gasteiger partial charge in [-0.2, -0.15) is 0 Å².